The number of halogens is 1. The molecule has 1 heterocycles. The molecule has 0 saturated heterocycles. The molecule has 142 valence electrons. The molecule has 7 heteroatoms. The lowest BCUT2D eigenvalue weighted by Gasteiger charge is -2.23. The van der Waals surface area contributed by atoms with Crippen molar-refractivity contribution in [1.29, 1.82) is 0 Å². The summed E-state index contributed by atoms with van der Waals surface area (Å²) in [6, 6.07) is 6.59. The number of aromatic nitrogens is 2. The highest BCUT2D eigenvalue weighted by Gasteiger charge is 2.21. The Hall–Kier alpha value is -2.67. The molecule has 1 N–H and O–H groups in total. The van der Waals surface area contributed by atoms with Crippen LogP contribution in [-0.4, -0.2) is 45.6 Å². The molecule has 27 heavy (non-hydrogen) atoms. The molecule has 0 bridgehead atoms. The van der Waals surface area contributed by atoms with Crippen molar-refractivity contribution in [2.75, 3.05) is 13.1 Å². The molecular weight excluding hydrogens is 408 g/mol. The molecule has 2 aromatic rings. The molecule has 1 aromatic carbocycles. The summed E-state index contributed by atoms with van der Waals surface area (Å²) >= 11 is 3.36. The van der Waals surface area contributed by atoms with Gasteiger partial charge in [-0.2, -0.15) is 5.10 Å². The summed E-state index contributed by atoms with van der Waals surface area (Å²) in [7, 11) is 0. The summed E-state index contributed by atoms with van der Waals surface area (Å²) in [4.78, 5) is 26.5. The number of carbonyl (C=O) groups is 2. The first-order chi connectivity index (χ1) is 12.9. The van der Waals surface area contributed by atoms with E-state index in [4.69, 9.17) is 0 Å². The van der Waals surface area contributed by atoms with Gasteiger partial charge >= 0.3 is 0 Å². The second kappa shape index (κ2) is 9.87. The molecule has 1 atom stereocenters. The summed E-state index contributed by atoms with van der Waals surface area (Å²) < 4.78 is 2.72. The van der Waals surface area contributed by atoms with Gasteiger partial charge in [-0.1, -0.05) is 24.3 Å². The summed E-state index contributed by atoms with van der Waals surface area (Å²) in [6.07, 6.45) is 6.90. The van der Waals surface area contributed by atoms with E-state index in [1.54, 1.807) is 47.0 Å². The highest BCUT2D eigenvalue weighted by atomic mass is 79.9. The van der Waals surface area contributed by atoms with Gasteiger partial charge in [-0.15, -0.1) is 13.2 Å². The lowest BCUT2D eigenvalue weighted by Crippen LogP contribution is -2.47. The van der Waals surface area contributed by atoms with Gasteiger partial charge in [0.05, 0.1) is 17.2 Å². The van der Waals surface area contributed by atoms with E-state index >= 15 is 0 Å². The molecular formula is C20H23BrN4O2. The lowest BCUT2D eigenvalue weighted by molar-refractivity contribution is -0.131. The number of nitrogens with zero attached hydrogens (tertiary/aromatic N) is 3. The van der Waals surface area contributed by atoms with Crippen molar-refractivity contribution >= 4 is 27.7 Å². The summed E-state index contributed by atoms with van der Waals surface area (Å²) in [6.45, 7) is 10.4. The lowest BCUT2D eigenvalue weighted by atomic mass is 10.1. The van der Waals surface area contributed by atoms with Crippen molar-refractivity contribution in [3.8, 4) is 0 Å². The molecule has 0 spiro atoms. The van der Waals surface area contributed by atoms with E-state index in [2.05, 4.69) is 39.5 Å². The fourth-order valence-corrected chi connectivity index (χ4v) is 2.88. The predicted molar refractivity (Wildman–Crippen MR) is 109 cm³/mol. The van der Waals surface area contributed by atoms with Crippen LogP contribution in [0.5, 0.6) is 0 Å². The van der Waals surface area contributed by atoms with E-state index in [-0.39, 0.29) is 11.8 Å². The Bertz CT molecular complexity index is 804. The fourth-order valence-electron chi connectivity index (χ4n) is 2.56. The Balaban J connectivity index is 1.97. The van der Waals surface area contributed by atoms with Crippen LogP contribution in [0.1, 0.15) is 22.8 Å². The van der Waals surface area contributed by atoms with Crippen LogP contribution in [0.25, 0.3) is 0 Å². The highest BCUT2D eigenvalue weighted by Crippen LogP contribution is 2.10. The Morgan fingerprint density at radius 2 is 1.89 bits per heavy atom. The predicted octanol–water partition coefficient (Wildman–Crippen LogP) is 3.01. The van der Waals surface area contributed by atoms with Gasteiger partial charge in [-0.25, -0.2) is 0 Å². The molecule has 2 amide bonds. The van der Waals surface area contributed by atoms with Gasteiger partial charge in [0.25, 0.3) is 5.91 Å². The SMILES string of the molecule is C=CCN(CC=C)C(=O)C(C)NC(=O)c1ccc(Cn2cc(Br)cn2)cc1. The third-order valence-electron chi connectivity index (χ3n) is 3.89. The third-order valence-corrected chi connectivity index (χ3v) is 4.30. The van der Waals surface area contributed by atoms with Crippen LogP contribution in [0, 0.1) is 0 Å². The van der Waals surface area contributed by atoms with Crippen LogP contribution in [0.2, 0.25) is 0 Å². The molecule has 6 nitrogen and oxygen atoms in total. The van der Waals surface area contributed by atoms with E-state index in [1.807, 2.05) is 18.3 Å². The van der Waals surface area contributed by atoms with Crippen molar-refractivity contribution in [2.45, 2.75) is 19.5 Å². The zero-order valence-corrected chi connectivity index (χ0v) is 16.9. The second-order valence-corrected chi connectivity index (χ2v) is 6.98. The maximum Gasteiger partial charge on any atom is 0.251 e. The number of amides is 2. The van der Waals surface area contributed by atoms with Crippen molar-refractivity contribution in [2.24, 2.45) is 0 Å². The van der Waals surface area contributed by atoms with Gasteiger partial charge in [0.2, 0.25) is 5.91 Å². The van der Waals surface area contributed by atoms with E-state index in [0.717, 1.165) is 10.0 Å². The minimum absolute atomic E-state index is 0.177. The Morgan fingerprint density at radius 3 is 2.41 bits per heavy atom. The Kier molecular flexibility index (Phi) is 7.55. The van der Waals surface area contributed by atoms with E-state index < -0.39 is 6.04 Å². The largest absolute Gasteiger partial charge is 0.341 e. The number of hydrogen-bond donors (Lipinski definition) is 1. The smallest absolute Gasteiger partial charge is 0.251 e. The zero-order valence-electron chi connectivity index (χ0n) is 15.3. The molecule has 2 rings (SSSR count). The van der Waals surface area contributed by atoms with Crippen molar-refractivity contribution in [3.63, 3.8) is 0 Å². The van der Waals surface area contributed by atoms with E-state index in [9.17, 15) is 9.59 Å². The van der Waals surface area contributed by atoms with Crippen molar-refractivity contribution in [1.82, 2.24) is 20.0 Å². The van der Waals surface area contributed by atoms with Crippen LogP contribution in [0.3, 0.4) is 0 Å². The molecule has 1 aromatic heterocycles. The van der Waals surface area contributed by atoms with Gasteiger partial charge in [-0.05, 0) is 40.5 Å². The quantitative estimate of drug-likeness (QED) is 0.621. The molecule has 0 aliphatic rings. The van der Waals surface area contributed by atoms with Crippen LogP contribution in [-0.2, 0) is 11.3 Å². The first kappa shape index (κ1) is 20.6. The summed E-state index contributed by atoms with van der Waals surface area (Å²) in [5.74, 6) is -0.467. The Labute approximate surface area is 167 Å². The minimum Gasteiger partial charge on any atom is -0.341 e. The molecule has 0 saturated carbocycles. The number of carbonyl (C=O) groups excluding carboxylic acids is 2. The molecule has 0 radical (unpaired) electrons. The monoisotopic (exact) mass is 430 g/mol. The van der Waals surface area contributed by atoms with Crippen LogP contribution >= 0.6 is 15.9 Å². The number of rotatable bonds is 9. The van der Waals surface area contributed by atoms with Crippen LogP contribution in [0.15, 0.2) is 66.4 Å². The van der Waals surface area contributed by atoms with Gasteiger partial charge in [-0.3, -0.25) is 14.3 Å². The first-order valence-electron chi connectivity index (χ1n) is 8.53. The van der Waals surface area contributed by atoms with Crippen LogP contribution < -0.4 is 5.32 Å². The summed E-state index contributed by atoms with van der Waals surface area (Å²) in [5, 5.41) is 6.95. The van der Waals surface area contributed by atoms with Gasteiger partial charge in [0.1, 0.15) is 6.04 Å². The van der Waals surface area contributed by atoms with Gasteiger partial charge in [0, 0.05) is 24.8 Å². The number of benzene rings is 1. The second-order valence-electron chi connectivity index (χ2n) is 6.07. The topological polar surface area (TPSA) is 67.2 Å². The molecule has 1 unspecified atom stereocenters. The van der Waals surface area contributed by atoms with E-state index in [1.165, 1.54) is 0 Å². The molecule has 0 fully saturated rings. The van der Waals surface area contributed by atoms with Gasteiger partial charge < -0.3 is 10.2 Å². The Morgan fingerprint density at radius 1 is 1.26 bits per heavy atom. The zero-order chi connectivity index (χ0) is 19.8. The first-order valence-corrected chi connectivity index (χ1v) is 9.32. The van der Waals surface area contributed by atoms with Crippen LogP contribution in [0.4, 0.5) is 0 Å². The molecule has 0 aliphatic carbocycles. The van der Waals surface area contributed by atoms with Crippen molar-refractivity contribution in [3.05, 3.63) is 77.6 Å². The number of hydrogen-bond acceptors (Lipinski definition) is 3. The maximum absolute atomic E-state index is 12.5. The van der Waals surface area contributed by atoms with E-state index in [0.29, 0.717) is 25.2 Å². The average molecular weight is 431 g/mol. The average Bonchev–Trinajstić information content (AvgIpc) is 3.06. The normalized spacial score (nSPS) is 11.5. The summed E-state index contributed by atoms with van der Waals surface area (Å²) in [5.41, 5.74) is 1.52. The number of nitrogens with one attached hydrogen (secondary N) is 1. The fraction of sp³-hybridized carbons (Fsp3) is 0.250. The standard InChI is InChI=1S/C20H23BrN4O2/c1-4-10-24(11-5-2)20(27)15(3)23-19(26)17-8-6-16(7-9-17)13-25-14-18(21)12-22-25/h4-9,12,14-15H,1-2,10-11,13H2,3H3,(H,23,26). The highest BCUT2D eigenvalue weighted by molar-refractivity contribution is 9.10. The third kappa shape index (κ3) is 5.92. The van der Waals surface area contributed by atoms with Crippen molar-refractivity contribution < 1.29 is 9.59 Å². The minimum atomic E-state index is -0.640. The van der Waals surface area contributed by atoms with Gasteiger partial charge in [0.15, 0.2) is 0 Å². The molecule has 0 aliphatic heterocycles. The maximum atomic E-state index is 12.5.